The van der Waals surface area contributed by atoms with Crippen LogP contribution in [-0.4, -0.2) is 28.5 Å². The Balaban J connectivity index is 2.19. The third-order valence-electron chi connectivity index (χ3n) is 3.72. The van der Waals surface area contributed by atoms with Crippen LogP contribution in [0.15, 0.2) is 30.3 Å². The quantitative estimate of drug-likeness (QED) is 0.831. The monoisotopic (exact) mass is 303 g/mol. The first kappa shape index (κ1) is 16.5. The number of imide groups is 1. The highest BCUT2D eigenvalue weighted by Crippen LogP contribution is 2.23. The molecule has 22 heavy (non-hydrogen) atoms. The van der Waals surface area contributed by atoms with Crippen LogP contribution in [0, 0.1) is 0 Å². The normalized spacial score (nSPS) is 19.7. The van der Waals surface area contributed by atoms with E-state index < -0.39 is 11.7 Å². The van der Waals surface area contributed by atoms with Crippen LogP contribution in [-0.2, 0) is 16.0 Å². The average molecular weight is 303 g/mol. The van der Waals surface area contributed by atoms with Gasteiger partial charge in [0.1, 0.15) is 5.60 Å². The summed E-state index contributed by atoms with van der Waals surface area (Å²) in [6, 6.07) is 9.86. The summed E-state index contributed by atoms with van der Waals surface area (Å²) in [7, 11) is 0. The highest BCUT2D eigenvalue weighted by atomic mass is 16.6. The molecule has 1 heterocycles. The molecule has 1 aromatic rings. The predicted molar refractivity (Wildman–Crippen MR) is 85.5 cm³/mol. The highest BCUT2D eigenvalue weighted by molar-refractivity contribution is 5.92. The van der Waals surface area contributed by atoms with Gasteiger partial charge in [-0.3, -0.25) is 4.79 Å². The van der Waals surface area contributed by atoms with Crippen molar-refractivity contribution in [3.05, 3.63) is 35.9 Å². The van der Waals surface area contributed by atoms with Gasteiger partial charge in [-0.05, 0) is 45.6 Å². The van der Waals surface area contributed by atoms with E-state index in [-0.39, 0.29) is 11.9 Å². The van der Waals surface area contributed by atoms with E-state index in [1.165, 1.54) is 4.90 Å². The number of ether oxygens (including phenoxy) is 1. The van der Waals surface area contributed by atoms with Gasteiger partial charge in [0.2, 0.25) is 5.91 Å². The summed E-state index contributed by atoms with van der Waals surface area (Å²) in [4.78, 5) is 26.2. The fourth-order valence-electron chi connectivity index (χ4n) is 2.75. The zero-order valence-electron chi connectivity index (χ0n) is 13.7. The lowest BCUT2D eigenvalue weighted by Gasteiger charge is -2.31. The average Bonchev–Trinajstić information content (AvgIpc) is 2.59. The smallest absolute Gasteiger partial charge is 0.417 e. The fraction of sp³-hybridized carbons (Fsp3) is 0.556. The molecule has 1 fully saturated rings. The minimum Gasteiger partial charge on any atom is -0.443 e. The van der Waals surface area contributed by atoms with Crippen LogP contribution < -0.4 is 0 Å². The lowest BCUT2D eigenvalue weighted by atomic mass is 10.0. The fourth-order valence-corrected chi connectivity index (χ4v) is 2.75. The molecule has 1 aliphatic heterocycles. The summed E-state index contributed by atoms with van der Waals surface area (Å²) < 4.78 is 5.44. The van der Waals surface area contributed by atoms with Crippen LogP contribution in [0.1, 0.15) is 52.0 Å². The summed E-state index contributed by atoms with van der Waals surface area (Å²) in [5, 5.41) is 0. The van der Waals surface area contributed by atoms with E-state index in [1.54, 1.807) is 0 Å². The topological polar surface area (TPSA) is 46.6 Å². The maximum absolute atomic E-state index is 12.5. The van der Waals surface area contributed by atoms with Gasteiger partial charge >= 0.3 is 6.09 Å². The minimum atomic E-state index is -0.596. The summed E-state index contributed by atoms with van der Waals surface area (Å²) in [6.07, 6.45) is 3.22. The molecule has 0 saturated carbocycles. The number of benzene rings is 1. The molecule has 0 aromatic heterocycles. The van der Waals surface area contributed by atoms with E-state index in [1.807, 2.05) is 51.1 Å². The molecule has 1 aliphatic rings. The van der Waals surface area contributed by atoms with Gasteiger partial charge in [0.15, 0.2) is 0 Å². The maximum Gasteiger partial charge on any atom is 0.417 e. The molecule has 1 saturated heterocycles. The number of nitrogens with zero attached hydrogens (tertiary/aromatic N) is 1. The molecular weight excluding hydrogens is 278 g/mol. The van der Waals surface area contributed by atoms with E-state index >= 15 is 0 Å². The molecule has 120 valence electrons. The second-order valence-electron chi connectivity index (χ2n) is 6.83. The van der Waals surface area contributed by atoms with Crippen molar-refractivity contribution in [2.45, 2.75) is 64.5 Å². The van der Waals surface area contributed by atoms with E-state index in [0.29, 0.717) is 12.8 Å². The van der Waals surface area contributed by atoms with Gasteiger partial charge in [0.25, 0.3) is 0 Å². The molecule has 1 aromatic carbocycles. The Bertz CT molecular complexity index is 519. The van der Waals surface area contributed by atoms with Crippen LogP contribution in [0.3, 0.4) is 0 Å². The van der Waals surface area contributed by atoms with Crippen molar-refractivity contribution in [2.24, 2.45) is 0 Å². The molecule has 0 radical (unpaired) electrons. The Kier molecular flexibility index (Phi) is 5.22. The zero-order chi connectivity index (χ0) is 16.2. The molecule has 4 heteroatoms. The van der Waals surface area contributed by atoms with E-state index in [0.717, 1.165) is 24.8 Å². The van der Waals surface area contributed by atoms with Crippen molar-refractivity contribution < 1.29 is 14.3 Å². The molecule has 1 unspecified atom stereocenters. The lowest BCUT2D eigenvalue weighted by molar-refractivity contribution is -0.131. The van der Waals surface area contributed by atoms with Gasteiger partial charge in [-0.15, -0.1) is 0 Å². The Labute approximate surface area is 132 Å². The van der Waals surface area contributed by atoms with Gasteiger partial charge in [-0.25, -0.2) is 9.69 Å². The molecule has 0 bridgehead atoms. The Morgan fingerprint density at radius 1 is 1.23 bits per heavy atom. The molecular formula is C18H25NO3. The zero-order valence-corrected chi connectivity index (χ0v) is 13.7. The highest BCUT2D eigenvalue weighted by Gasteiger charge is 2.34. The molecule has 0 aliphatic carbocycles. The van der Waals surface area contributed by atoms with Crippen LogP contribution in [0.5, 0.6) is 0 Å². The number of rotatable bonds is 2. The van der Waals surface area contributed by atoms with Crippen molar-refractivity contribution in [1.29, 1.82) is 0 Å². The number of likely N-dealkylation sites (tertiary alicyclic amines) is 1. The van der Waals surface area contributed by atoms with E-state index in [2.05, 4.69) is 0 Å². The number of carbonyl (C=O) groups excluding carboxylic acids is 2. The van der Waals surface area contributed by atoms with Crippen molar-refractivity contribution >= 4 is 12.0 Å². The van der Waals surface area contributed by atoms with Gasteiger partial charge < -0.3 is 4.74 Å². The molecule has 1 atom stereocenters. The van der Waals surface area contributed by atoms with Crippen molar-refractivity contribution in [3.63, 3.8) is 0 Å². The first-order valence-electron chi connectivity index (χ1n) is 7.96. The SMILES string of the molecule is CC(C)(C)OC(=O)N1C(=O)CCCCC1Cc1ccccc1. The summed E-state index contributed by atoms with van der Waals surface area (Å²) in [6.45, 7) is 5.46. The third-order valence-corrected chi connectivity index (χ3v) is 3.72. The minimum absolute atomic E-state index is 0.118. The van der Waals surface area contributed by atoms with E-state index in [9.17, 15) is 9.59 Å². The Morgan fingerprint density at radius 3 is 2.55 bits per heavy atom. The first-order valence-corrected chi connectivity index (χ1v) is 7.96. The predicted octanol–water partition coefficient (Wildman–Crippen LogP) is 3.94. The maximum atomic E-state index is 12.5. The number of amides is 2. The van der Waals surface area contributed by atoms with Crippen LogP contribution in [0.4, 0.5) is 4.79 Å². The second-order valence-corrected chi connectivity index (χ2v) is 6.83. The molecule has 0 N–H and O–H groups in total. The lowest BCUT2D eigenvalue weighted by Crippen LogP contribution is -2.47. The molecule has 2 amide bonds. The van der Waals surface area contributed by atoms with Crippen molar-refractivity contribution in [2.75, 3.05) is 0 Å². The number of hydrogen-bond donors (Lipinski definition) is 0. The standard InChI is InChI=1S/C18H25NO3/c1-18(2,3)22-17(21)19-15(11-7-8-12-16(19)20)13-14-9-5-4-6-10-14/h4-6,9-10,15H,7-8,11-13H2,1-3H3. The van der Waals surface area contributed by atoms with Crippen LogP contribution in [0.25, 0.3) is 0 Å². The summed E-state index contributed by atoms with van der Waals surface area (Å²) in [5.41, 5.74) is 0.539. The molecule has 2 rings (SSSR count). The second kappa shape index (κ2) is 6.95. The first-order chi connectivity index (χ1) is 10.4. The number of carbonyl (C=O) groups is 2. The Morgan fingerprint density at radius 2 is 1.91 bits per heavy atom. The Hall–Kier alpha value is -1.84. The van der Waals surface area contributed by atoms with Gasteiger partial charge in [-0.1, -0.05) is 36.8 Å². The van der Waals surface area contributed by atoms with Gasteiger partial charge in [-0.2, -0.15) is 0 Å². The summed E-state index contributed by atoms with van der Waals surface area (Å²) in [5.74, 6) is -0.118. The van der Waals surface area contributed by atoms with Crippen molar-refractivity contribution in [3.8, 4) is 0 Å². The summed E-state index contributed by atoms with van der Waals surface area (Å²) >= 11 is 0. The van der Waals surface area contributed by atoms with Crippen molar-refractivity contribution in [1.82, 2.24) is 4.90 Å². The van der Waals surface area contributed by atoms with Gasteiger partial charge in [0.05, 0.1) is 0 Å². The third kappa shape index (κ3) is 4.58. The van der Waals surface area contributed by atoms with E-state index in [4.69, 9.17) is 4.74 Å². The largest absolute Gasteiger partial charge is 0.443 e. The van der Waals surface area contributed by atoms with Crippen LogP contribution in [0.2, 0.25) is 0 Å². The number of hydrogen-bond acceptors (Lipinski definition) is 3. The van der Waals surface area contributed by atoms with Crippen LogP contribution >= 0.6 is 0 Å². The molecule has 4 nitrogen and oxygen atoms in total. The molecule has 0 spiro atoms. The van der Waals surface area contributed by atoms with Gasteiger partial charge in [0, 0.05) is 12.5 Å².